The lowest BCUT2D eigenvalue weighted by Crippen LogP contribution is -2.29. The Morgan fingerprint density at radius 2 is 1.41 bits per heavy atom. The Morgan fingerprint density at radius 1 is 0.852 bits per heavy atom. The minimum Gasteiger partial charge on any atom is -0.459 e. The molecule has 0 heterocycles. The third-order valence-corrected chi connectivity index (χ3v) is 6.98. The Labute approximate surface area is 164 Å². The molecule has 0 N–H and O–H groups in total. The molecule has 0 spiro atoms. The zero-order chi connectivity index (χ0) is 19.5. The van der Waals surface area contributed by atoms with Gasteiger partial charge in [0, 0.05) is 0 Å². The van der Waals surface area contributed by atoms with Crippen LogP contribution in [0.15, 0.2) is 0 Å². The maximum Gasteiger partial charge on any atom is 0.309 e. The zero-order valence-corrected chi connectivity index (χ0v) is 17.3. The van der Waals surface area contributed by atoms with Crippen LogP contribution in [0, 0.1) is 23.7 Å². The van der Waals surface area contributed by atoms with Crippen LogP contribution in [0.2, 0.25) is 0 Å². The number of hydrogen-bond donors (Lipinski definition) is 0. The fraction of sp³-hybridized carbons (Fsp3) is 0.957. The molecule has 2 nitrogen and oxygen atoms in total. The van der Waals surface area contributed by atoms with Gasteiger partial charge in [0.25, 0.3) is 6.43 Å². The Balaban J connectivity index is 1.56. The van der Waals surface area contributed by atoms with Crippen molar-refractivity contribution < 1.29 is 18.3 Å². The number of alkyl halides is 2. The summed E-state index contributed by atoms with van der Waals surface area (Å²) in [5.41, 5.74) is 0. The lowest BCUT2D eigenvalue weighted by molar-refractivity contribution is -0.154. The summed E-state index contributed by atoms with van der Waals surface area (Å²) >= 11 is 0. The van der Waals surface area contributed by atoms with Gasteiger partial charge in [0.15, 0.2) is 6.61 Å². The van der Waals surface area contributed by atoms with E-state index in [0.29, 0.717) is 0 Å². The van der Waals surface area contributed by atoms with Gasteiger partial charge in [-0.2, -0.15) is 0 Å². The fourth-order valence-corrected chi connectivity index (χ4v) is 5.25. The summed E-state index contributed by atoms with van der Waals surface area (Å²) in [6.07, 6.45) is 16.5. The summed E-state index contributed by atoms with van der Waals surface area (Å²) in [7, 11) is 0. The van der Waals surface area contributed by atoms with Gasteiger partial charge >= 0.3 is 5.97 Å². The van der Waals surface area contributed by atoms with E-state index in [1.807, 2.05) is 0 Å². The number of carbonyl (C=O) groups is 1. The molecule has 0 unspecified atom stereocenters. The van der Waals surface area contributed by atoms with Crippen molar-refractivity contribution in [2.75, 3.05) is 6.61 Å². The SMILES string of the molecule is CCCCCCCCC1CCC(C2CCC(C(=O)OCC(F)F)CC2)CC1. The molecule has 2 saturated carbocycles. The molecule has 0 aromatic carbocycles. The molecule has 2 aliphatic rings. The first-order valence-electron chi connectivity index (χ1n) is 11.5. The van der Waals surface area contributed by atoms with Gasteiger partial charge in [-0.1, -0.05) is 64.7 Å². The molecule has 0 bridgehead atoms. The van der Waals surface area contributed by atoms with Crippen LogP contribution in [0.25, 0.3) is 0 Å². The first kappa shape index (κ1) is 22.6. The highest BCUT2D eigenvalue weighted by molar-refractivity contribution is 5.72. The summed E-state index contributed by atoms with van der Waals surface area (Å²) < 4.78 is 29.1. The van der Waals surface area contributed by atoms with E-state index < -0.39 is 19.0 Å². The lowest BCUT2D eigenvalue weighted by atomic mass is 9.68. The van der Waals surface area contributed by atoms with Gasteiger partial charge < -0.3 is 4.74 Å². The van der Waals surface area contributed by atoms with E-state index in [1.165, 1.54) is 70.6 Å². The van der Waals surface area contributed by atoms with Crippen LogP contribution < -0.4 is 0 Å². The van der Waals surface area contributed by atoms with E-state index >= 15 is 0 Å². The van der Waals surface area contributed by atoms with E-state index in [9.17, 15) is 13.6 Å². The normalized spacial score (nSPS) is 29.0. The van der Waals surface area contributed by atoms with Crippen LogP contribution in [0.5, 0.6) is 0 Å². The molecule has 2 aliphatic carbocycles. The molecule has 2 fully saturated rings. The molecule has 2 rings (SSSR count). The molecule has 0 aromatic heterocycles. The number of esters is 1. The average molecular weight is 387 g/mol. The summed E-state index contributed by atoms with van der Waals surface area (Å²) in [6, 6.07) is 0. The monoisotopic (exact) mass is 386 g/mol. The molecule has 0 aromatic rings. The molecule has 158 valence electrons. The van der Waals surface area contributed by atoms with Crippen LogP contribution in [0.1, 0.15) is 103 Å². The van der Waals surface area contributed by atoms with Crippen molar-refractivity contribution in [1.29, 1.82) is 0 Å². The molecular formula is C23H40F2O2. The number of carbonyl (C=O) groups excluding carboxylic acids is 1. The summed E-state index contributed by atoms with van der Waals surface area (Å²) in [4.78, 5) is 11.9. The number of rotatable bonds is 11. The largest absolute Gasteiger partial charge is 0.459 e. The smallest absolute Gasteiger partial charge is 0.309 e. The summed E-state index contributed by atoms with van der Waals surface area (Å²) in [5.74, 6) is 1.94. The quantitative estimate of drug-likeness (QED) is 0.278. The van der Waals surface area contributed by atoms with E-state index in [0.717, 1.165) is 43.4 Å². The highest BCUT2D eigenvalue weighted by Crippen LogP contribution is 2.42. The van der Waals surface area contributed by atoms with Crippen LogP contribution in [-0.4, -0.2) is 19.0 Å². The second-order valence-corrected chi connectivity index (χ2v) is 8.97. The first-order valence-corrected chi connectivity index (χ1v) is 11.5. The van der Waals surface area contributed by atoms with E-state index in [1.54, 1.807) is 0 Å². The topological polar surface area (TPSA) is 26.3 Å². The standard InChI is InChI=1S/C23H40F2O2/c1-2-3-4-5-6-7-8-18-9-11-19(12-10-18)20-13-15-21(16-14-20)23(26)27-17-22(24)25/h18-22H,2-17H2,1H3. The zero-order valence-electron chi connectivity index (χ0n) is 17.3. The number of unbranched alkanes of at least 4 members (excludes halogenated alkanes) is 5. The average Bonchev–Trinajstić information content (AvgIpc) is 2.69. The lowest BCUT2D eigenvalue weighted by Gasteiger charge is -2.37. The van der Waals surface area contributed by atoms with Gasteiger partial charge in [0.2, 0.25) is 0 Å². The van der Waals surface area contributed by atoms with Gasteiger partial charge in [-0.25, -0.2) is 8.78 Å². The Morgan fingerprint density at radius 3 is 2.00 bits per heavy atom. The maximum atomic E-state index is 12.2. The van der Waals surface area contributed by atoms with E-state index in [2.05, 4.69) is 6.92 Å². The summed E-state index contributed by atoms with van der Waals surface area (Å²) in [6.45, 7) is 1.52. The van der Waals surface area contributed by atoms with Crippen molar-refractivity contribution in [1.82, 2.24) is 0 Å². The van der Waals surface area contributed by atoms with Crippen LogP contribution >= 0.6 is 0 Å². The van der Waals surface area contributed by atoms with Crippen molar-refractivity contribution in [3.05, 3.63) is 0 Å². The number of ether oxygens (including phenoxy) is 1. The second kappa shape index (κ2) is 12.7. The highest BCUT2D eigenvalue weighted by Gasteiger charge is 2.33. The molecule has 0 atom stereocenters. The third-order valence-electron chi connectivity index (χ3n) is 6.98. The molecular weight excluding hydrogens is 346 g/mol. The molecule has 4 heteroatoms. The summed E-state index contributed by atoms with van der Waals surface area (Å²) in [5, 5.41) is 0. The van der Waals surface area contributed by atoms with Crippen molar-refractivity contribution in [2.45, 2.75) is 110 Å². The van der Waals surface area contributed by atoms with Gasteiger partial charge in [-0.3, -0.25) is 4.79 Å². The molecule has 27 heavy (non-hydrogen) atoms. The van der Waals surface area contributed by atoms with E-state index in [4.69, 9.17) is 4.74 Å². The number of halogens is 2. The Kier molecular flexibility index (Phi) is 10.7. The second-order valence-electron chi connectivity index (χ2n) is 8.97. The molecule has 0 saturated heterocycles. The van der Waals surface area contributed by atoms with Crippen LogP contribution in [0.4, 0.5) is 8.78 Å². The van der Waals surface area contributed by atoms with Crippen LogP contribution in [0.3, 0.4) is 0 Å². The van der Waals surface area contributed by atoms with Crippen LogP contribution in [-0.2, 0) is 9.53 Å². The van der Waals surface area contributed by atoms with Crippen molar-refractivity contribution in [3.63, 3.8) is 0 Å². The molecule has 0 radical (unpaired) electrons. The molecule has 0 amide bonds. The van der Waals surface area contributed by atoms with Crippen molar-refractivity contribution in [3.8, 4) is 0 Å². The van der Waals surface area contributed by atoms with E-state index in [-0.39, 0.29) is 5.92 Å². The number of hydrogen-bond acceptors (Lipinski definition) is 2. The van der Waals surface area contributed by atoms with Gasteiger partial charge in [0.1, 0.15) is 0 Å². The van der Waals surface area contributed by atoms with Crippen molar-refractivity contribution >= 4 is 5.97 Å². The van der Waals surface area contributed by atoms with Gasteiger partial charge in [-0.05, 0) is 56.3 Å². The van der Waals surface area contributed by atoms with Gasteiger partial charge in [-0.15, -0.1) is 0 Å². The first-order chi connectivity index (χ1) is 13.1. The maximum absolute atomic E-state index is 12.2. The predicted molar refractivity (Wildman–Crippen MR) is 106 cm³/mol. The molecule has 0 aliphatic heterocycles. The predicted octanol–water partition coefficient (Wildman–Crippen LogP) is 7.16. The Hall–Kier alpha value is -0.670. The van der Waals surface area contributed by atoms with Crippen molar-refractivity contribution in [2.24, 2.45) is 23.7 Å². The highest BCUT2D eigenvalue weighted by atomic mass is 19.3. The minimum atomic E-state index is -2.56. The van der Waals surface area contributed by atoms with Gasteiger partial charge in [0.05, 0.1) is 5.92 Å². The third kappa shape index (κ3) is 8.48. The fourth-order valence-electron chi connectivity index (χ4n) is 5.25. The minimum absolute atomic E-state index is 0.149. The Bertz CT molecular complexity index is 397.